The van der Waals surface area contributed by atoms with Crippen molar-refractivity contribution in [2.75, 3.05) is 41.0 Å². The van der Waals surface area contributed by atoms with Gasteiger partial charge >= 0.3 is 0 Å². The molecule has 0 radical (unpaired) electrons. The van der Waals surface area contributed by atoms with Crippen LogP contribution in [-0.4, -0.2) is 68.8 Å². The lowest BCUT2D eigenvalue weighted by molar-refractivity contribution is -0.142. The molecule has 0 aromatic carbocycles. The summed E-state index contributed by atoms with van der Waals surface area (Å²) in [5, 5.41) is 3.07. The molecule has 1 N–H and O–H groups in total. The second-order valence-corrected chi connectivity index (χ2v) is 7.44. The molecule has 2 fully saturated rings. The number of nitrogens with one attached hydrogen (secondary N) is 1. The van der Waals surface area contributed by atoms with E-state index in [2.05, 4.69) is 10.3 Å². The number of piperidine rings is 1. The quantitative estimate of drug-likeness (QED) is 0.725. The molecule has 8 heteroatoms. The minimum Gasteiger partial charge on any atom is -0.481 e. The summed E-state index contributed by atoms with van der Waals surface area (Å²) in [4.78, 5) is 31.4. The number of carbonyl (C=O) groups excluding carboxylic acids is 2. The first-order valence-electron chi connectivity index (χ1n) is 9.70. The first-order valence-corrected chi connectivity index (χ1v) is 9.70. The second-order valence-electron chi connectivity index (χ2n) is 7.44. The molecule has 154 valence electrons. The molecule has 2 atom stereocenters. The number of aromatic nitrogens is 1. The minimum absolute atomic E-state index is 0.0789. The number of carbonyl (C=O) groups is 2. The summed E-state index contributed by atoms with van der Waals surface area (Å²) in [7, 11) is 4.64. The number of hydrogen-bond donors (Lipinski definition) is 1. The van der Waals surface area contributed by atoms with Gasteiger partial charge in [-0.1, -0.05) is 6.42 Å². The molecular formula is C20H29N3O5. The summed E-state index contributed by atoms with van der Waals surface area (Å²) >= 11 is 0. The fraction of sp³-hybridized carbons (Fsp3) is 0.650. The maximum Gasteiger partial charge on any atom is 0.256 e. The van der Waals surface area contributed by atoms with Crippen LogP contribution in [0.3, 0.4) is 0 Å². The van der Waals surface area contributed by atoms with Gasteiger partial charge in [-0.05, 0) is 25.3 Å². The van der Waals surface area contributed by atoms with E-state index < -0.39 is 0 Å². The third-order valence-electron chi connectivity index (χ3n) is 6.01. The molecule has 0 spiro atoms. The van der Waals surface area contributed by atoms with Gasteiger partial charge in [-0.25, -0.2) is 0 Å². The van der Waals surface area contributed by atoms with Crippen molar-refractivity contribution in [1.29, 1.82) is 0 Å². The van der Waals surface area contributed by atoms with Crippen molar-refractivity contribution in [2.24, 2.45) is 5.41 Å². The van der Waals surface area contributed by atoms with Crippen molar-refractivity contribution in [3.8, 4) is 11.8 Å². The van der Waals surface area contributed by atoms with E-state index in [1.54, 1.807) is 19.2 Å². The van der Waals surface area contributed by atoms with E-state index in [1.165, 1.54) is 14.2 Å². The third kappa shape index (κ3) is 3.92. The first-order chi connectivity index (χ1) is 13.5. The Hall–Kier alpha value is -2.35. The molecular weight excluding hydrogens is 362 g/mol. The predicted octanol–water partition coefficient (Wildman–Crippen LogP) is 1.64. The smallest absolute Gasteiger partial charge is 0.256 e. The summed E-state index contributed by atoms with van der Waals surface area (Å²) < 4.78 is 15.5. The Morgan fingerprint density at radius 1 is 1.29 bits per heavy atom. The van der Waals surface area contributed by atoms with Crippen LogP contribution in [0.4, 0.5) is 0 Å². The van der Waals surface area contributed by atoms with Crippen LogP contribution < -0.4 is 14.8 Å². The van der Waals surface area contributed by atoms with E-state index in [4.69, 9.17) is 14.2 Å². The number of amides is 2. The molecule has 2 heterocycles. The van der Waals surface area contributed by atoms with E-state index in [0.29, 0.717) is 37.6 Å². The number of hydrogen-bond acceptors (Lipinski definition) is 6. The molecule has 28 heavy (non-hydrogen) atoms. The van der Waals surface area contributed by atoms with Gasteiger partial charge in [-0.3, -0.25) is 9.59 Å². The molecule has 2 amide bonds. The summed E-state index contributed by atoms with van der Waals surface area (Å²) in [6.45, 7) is 1.66. The van der Waals surface area contributed by atoms with Crippen molar-refractivity contribution < 1.29 is 23.8 Å². The lowest BCUT2D eigenvalue weighted by atomic mass is 9.74. The van der Waals surface area contributed by atoms with Crippen molar-refractivity contribution in [3.05, 3.63) is 17.7 Å². The highest BCUT2D eigenvalue weighted by atomic mass is 16.5. The Morgan fingerprint density at radius 3 is 2.82 bits per heavy atom. The van der Waals surface area contributed by atoms with Gasteiger partial charge in [0.25, 0.3) is 5.91 Å². The van der Waals surface area contributed by atoms with Crippen LogP contribution in [0.1, 0.15) is 42.5 Å². The predicted molar refractivity (Wildman–Crippen MR) is 103 cm³/mol. The minimum atomic E-state index is -0.229. The van der Waals surface area contributed by atoms with Gasteiger partial charge < -0.3 is 24.4 Å². The lowest BCUT2D eigenvalue weighted by Gasteiger charge is -2.46. The topological polar surface area (TPSA) is 90.0 Å². The van der Waals surface area contributed by atoms with Crippen LogP contribution in [0.25, 0.3) is 0 Å². The van der Waals surface area contributed by atoms with Crippen molar-refractivity contribution >= 4 is 11.8 Å². The summed E-state index contributed by atoms with van der Waals surface area (Å²) in [5.41, 5.74) is 0.294. The van der Waals surface area contributed by atoms with Gasteiger partial charge in [0.2, 0.25) is 17.7 Å². The number of rotatable bonds is 8. The Bertz CT molecular complexity index is 726. The van der Waals surface area contributed by atoms with Crippen molar-refractivity contribution in [3.63, 3.8) is 0 Å². The summed E-state index contributed by atoms with van der Waals surface area (Å²) in [5.74, 6) is 0.583. The third-order valence-corrected chi connectivity index (χ3v) is 6.01. The molecule has 1 saturated carbocycles. The first kappa shape index (κ1) is 20.4. The maximum atomic E-state index is 12.8. The number of ether oxygens (including phenoxy) is 3. The van der Waals surface area contributed by atoms with Crippen molar-refractivity contribution in [2.45, 2.75) is 38.1 Å². The van der Waals surface area contributed by atoms with E-state index in [0.717, 1.165) is 25.7 Å². The van der Waals surface area contributed by atoms with Crippen LogP contribution in [0, 0.1) is 5.41 Å². The monoisotopic (exact) mass is 391 g/mol. The maximum absolute atomic E-state index is 12.8. The molecule has 0 unspecified atom stereocenters. The van der Waals surface area contributed by atoms with E-state index in [1.807, 2.05) is 4.90 Å². The van der Waals surface area contributed by atoms with Gasteiger partial charge in [0.05, 0.1) is 20.8 Å². The molecule has 8 nitrogen and oxygen atoms in total. The van der Waals surface area contributed by atoms with Crippen LogP contribution in [0.15, 0.2) is 12.1 Å². The molecule has 1 aliphatic heterocycles. The highest BCUT2D eigenvalue weighted by Crippen LogP contribution is 2.47. The Labute approximate surface area is 165 Å². The van der Waals surface area contributed by atoms with Crippen LogP contribution in [-0.2, 0) is 9.53 Å². The molecule has 3 rings (SSSR count). The molecule has 1 aliphatic carbocycles. The Morgan fingerprint density at radius 2 is 2.11 bits per heavy atom. The normalized spacial score (nSPS) is 24.0. The highest BCUT2D eigenvalue weighted by Gasteiger charge is 2.50. The highest BCUT2D eigenvalue weighted by molar-refractivity contribution is 5.96. The van der Waals surface area contributed by atoms with Gasteiger partial charge in [-0.2, -0.15) is 4.98 Å². The number of fused-ring (bicyclic) bond motifs is 1. The van der Waals surface area contributed by atoms with Crippen LogP contribution in [0.2, 0.25) is 0 Å². The van der Waals surface area contributed by atoms with E-state index in [-0.39, 0.29) is 29.2 Å². The zero-order chi connectivity index (χ0) is 20.1. The van der Waals surface area contributed by atoms with Crippen LogP contribution in [0.5, 0.6) is 11.8 Å². The van der Waals surface area contributed by atoms with Crippen LogP contribution >= 0.6 is 0 Å². The molecule has 1 aromatic rings. The number of nitrogens with zero attached hydrogens (tertiary/aromatic N) is 2. The molecule has 1 aromatic heterocycles. The number of pyridine rings is 1. The SMILES string of the molecule is COCCN1C(=O)CC[C@]2(CNC(=O)c3ccc(OC)nc3OC)CCC[C@@H]12. The number of likely N-dealkylation sites (tertiary alicyclic amines) is 1. The average molecular weight is 391 g/mol. The fourth-order valence-electron chi connectivity index (χ4n) is 4.55. The zero-order valence-corrected chi connectivity index (χ0v) is 16.8. The van der Waals surface area contributed by atoms with Gasteiger partial charge in [-0.15, -0.1) is 0 Å². The van der Waals surface area contributed by atoms with Gasteiger partial charge in [0, 0.05) is 44.1 Å². The fourth-order valence-corrected chi connectivity index (χ4v) is 4.55. The molecule has 2 aliphatic rings. The Balaban J connectivity index is 1.72. The zero-order valence-electron chi connectivity index (χ0n) is 16.8. The lowest BCUT2D eigenvalue weighted by Crippen LogP contribution is -2.56. The average Bonchev–Trinajstić information content (AvgIpc) is 3.15. The van der Waals surface area contributed by atoms with E-state index >= 15 is 0 Å². The summed E-state index contributed by atoms with van der Waals surface area (Å²) in [6.07, 6.45) is 4.36. The standard InChI is InChI=1S/C20H29N3O5/c1-26-12-11-23-15-5-4-9-20(15,10-8-17(23)24)13-21-18(25)14-6-7-16(27-2)22-19(14)28-3/h6-7,15H,4-5,8-13H2,1-3H3,(H,21,25)/t15-,20+/m1/s1. The molecule has 0 bridgehead atoms. The van der Waals surface area contributed by atoms with Gasteiger partial charge in [0.15, 0.2) is 0 Å². The summed E-state index contributed by atoms with van der Waals surface area (Å²) in [6, 6.07) is 3.44. The largest absolute Gasteiger partial charge is 0.481 e. The van der Waals surface area contributed by atoms with Crippen molar-refractivity contribution in [1.82, 2.24) is 15.2 Å². The molecule has 1 saturated heterocycles. The second kappa shape index (κ2) is 8.77. The Kier molecular flexibility index (Phi) is 6.39. The van der Waals surface area contributed by atoms with E-state index in [9.17, 15) is 9.59 Å². The number of methoxy groups -OCH3 is 3. The van der Waals surface area contributed by atoms with Gasteiger partial charge in [0.1, 0.15) is 5.56 Å².